The first-order valence-electron chi connectivity index (χ1n) is 6.43. The lowest BCUT2D eigenvalue weighted by molar-refractivity contribution is -0.127. The van der Waals surface area contributed by atoms with Gasteiger partial charge in [-0.1, -0.05) is 6.92 Å². The van der Waals surface area contributed by atoms with E-state index in [0.717, 1.165) is 0 Å². The van der Waals surface area contributed by atoms with Crippen LogP contribution in [0.4, 0.5) is 0 Å². The average Bonchev–Trinajstić information content (AvgIpc) is 2.75. The predicted molar refractivity (Wildman–Crippen MR) is 73.6 cm³/mol. The number of carbonyl (C=O) groups is 1. The minimum Gasteiger partial charge on any atom is -0.341 e. The van der Waals surface area contributed by atoms with Crippen molar-refractivity contribution >= 4 is 15.7 Å². The van der Waals surface area contributed by atoms with Crippen LogP contribution in [0.3, 0.4) is 0 Å². The molecule has 0 bridgehead atoms. The summed E-state index contributed by atoms with van der Waals surface area (Å²) in [6, 6.07) is 7.78. The van der Waals surface area contributed by atoms with E-state index < -0.39 is 9.84 Å². The number of likely N-dealkylation sites (tertiary alicyclic amines) is 1. The normalized spacial score (nSPS) is 19.1. The molecule has 2 rings (SSSR count). The van der Waals surface area contributed by atoms with Crippen molar-refractivity contribution in [2.75, 3.05) is 18.8 Å². The van der Waals surface area contributed by atoms with Crippen LogP contribution in [0.1, 0.15) is 18.9 Å². The summed E-state index contributed by atoms with van der Waals surface area (Å²) in [6.07, 6.45) is 0.497. The molecule has 1 aromatic carbocycles. The number of rotatable bonds is 4. The van der Waals surface area contributed by atoms with Crippen LogP contribution in [0.5, 0.6) is 0 Å². The second kappa shape index (κ2) is 5.63. The largest absolute Gasteiger partial charge is 0.341 e. The fourth-order valence-electron chi connectivity index (χ4n) is 2.27. The van der Waals surface area contributed by atoms with Crippen LogP contribution >= 0.6 is 0 Å². The number of benzene rings is 1. The highest BCUT2D eigenvalue weighted by atomic mass is 32.2. The van der Waals surface area contributed by atoms with Crippen molar-refractivity contribution in [1.82, 2.24) is 4.90 Å². The van der Waals surface area contributed by atoms with Gasteiger partial charge in [-0.3, -0.25) is 4.79 Å². The summed E-state index contributed by atoms with van der Waals surface area (Å²) >= 11 is 0. The first kappa shape index (κ1) is 14.5. The van der Waals surface area contributed by atoms with Gasteiger partial charge >= 0.3 is 0 Å². The van der Waals surface area contributed by atoms with Gasteiger partial charge in [0.2, 0.25) is 5.91 Å². The molecule has 1 heterocycles. The molecular formula is C14H16N2O3S. The second-order valence-corrected chi connectivity index (χ2v) is 7.21. The Morgan fingerprint density at radius 2 is 2.00 bits per heavy atom. The molecule has 0 radical (unpaired) electrons. The summed E-state index contributed by atoms with van der Waals surface area (Å²) < 4.78 is 24.3. The highest BCUT2D eigenvalue weighted by Crippen LogP contribution is 2.18. The minimum absolute atomic E-state index is 0.0209. The number of hydrogen-bond donors (Lipinski definition) is 0. The molecule has 6 heteroatoms. The Hall–Kier alpha value is -1.87. The van der Waals surface area contributed by atoms with Gasteiger partial charge in [-0.05, 0) is 30.2 Å². The quantitative estimate of drug-likeness (QED) is 0.835. The van der Waals surface area contributed by atoms with Gasteiger partial charge in [0.05, 0.1) is 22.3 Å². The second-order valence-electron chi connectivity index (χ2n) is 5.10. The summed E-state index contributed by atoms with van der Waals surface area (Å²) in [6.45, 7) is 2.83. The molecule has 20 heavy (non-hydrogen) atoms. The third-order valence-corrected chi connectivity index (χ3v) is 5.09. The van der Waals surface area contributed by atoms with Gasteiger partial charge in [0.15, 0.2) is 9.84 Å². The molecule has 0 aliphatic carbocycles. The Bertz CT molecular complexity index is 644. The standard InChI is InChI=1S/C14H16N2O3S/c1-11-8-14(17)16(10-11)6-7-20(18,19)13-4-2-12(9-15)3-5-13/h2-5,11H,6-8,10H2,1H3. The minimum atomic E-state index is -3.42. The first-order chi connectivity index (χ1) is 9.42. The summed E-state index contributed by atoms with van der Waals surface area (Å²) in [4.78, 5) is 13.4. The first-order valence-corrected chi connectivity index (χ1v) is 8.08. The van der Waals surface area contributed by atoms with Crippen molar-refractivity contribution in [3.05, 3.63) is 29.8 Å². The van der Waals surface area contributed by atoms with E-state index in [-0.39, 0.29) is 23.1 Å². The topological polar surface area (TPSA) is 78.2 Å². The van der Waals surface area contributed by atoms with Crippen LogP contribution in [0.25, 0.3) is 0 Å². The number of hydrogen-bond acceptors (Lipinski definition) is 4. The van der Waals surface area contributed by atoms with E-state index in [9.17, 15) is 13.2 Å². The Morgan fingerprint density at radius 3 is 2.50 bits per heavy atom. The molecule has 1 atom stereocenters. The molecule has 1 saturated heterocycles. The molecule has 0 saturated carbocycles. The van der Waals surface area contributed by atoms with Gasteiger partial charge in [-0.25, -0.2) is 8.42 Å². The lowest BCUT2D eigenvalue weighted by atomic mass is 10.2. The molecule has 1 amide bonds. The van der Waals surface area contributed by atoms with Crippen molar-refractivity contribution in [2.45, 2.75) is 18.2 Å². The number of amides is 1. The molecule has 1 unspecified atom stereocenters. The van der Waals surface area contributed by atoms with Crippen molar-refractivity contribution < 1.29 is 13.2 Å². The summed E-state index contributed by atoms with van der Waals surface area (Å²) in [5.41, 5.74) is 0.424. The van der Waals surface area contributed by atoms with Crippen LogP contribution in [-0.4, -0.2) is 38.1 Å². The molecular weight excluding hydrogens is 276 g/mol. The number of nitrogens with zero attached hydrogens (tertiary/aromatic N) is 2. The zero-order valence-electron chi connectivity index (χ0n) is 11.2. The fraction of sp³-hybridized carbons (Fsp3) is 0.429. The third-order valence-electron chi connectivity index (χ3n) is 3.38. The Balaban J connectivity index is 2.04. The molecule has 0 aromatic heterocycles. The van der Waals surface area contributed by atoms with Crippen LogP contribution in [0, 0.1) is 17.2 Å². The van der Waals surface area contributed by atoms with Crippen molar-refractivity contribution in [3.8, 4) is 6.07 Å². The van der Waals surface area contributed by atoms with Crippen molar-refractivity contribution in [2.24, 2.45) is 5.92 Å². The van der Waals surface area contributed by atoms with E-state index in [4.69, 9.17) is 5.26 Å². The highest BCUT2D eigenvalue weighted by molar-refractivity contribution is 7.91. The third kappa shape index (κ3) is 3.17. The Kier molecular flexibility index (Phi) is 4.09. The van der Waals surface area contributed by atoms with Crippen LogP contribution in [0.2, 0.25) is 0 Å². The van der Waals surface area contributed by atoms with Crippen LogP contribution in [0.15, 0.2) is 29.2 Å². The average molecular weight is 292 g/mol. The summed E-state index contributed by atoms with van der Waals surface area (Å²) in [5.74, 6) is 0.227. The lowest BCUT2D eigenvalue weighted by Gasteiger charge is -2.15. The highest BCUT2D eigenvalue weighted by Gasteiger charge is 2.27. The maximum absolute atomic E-state index is 12.2. The lowest BCUT2D eigenvalue weighted by Crippen LogP contribution is -2.30. The Morgan fingerprint density at radius 1 is 1.35 bits per heavy atom. The SMILES string of the molecule is CC1CC(=O)N(CCS(=O)(=O)c2ccc(C#N)cc2)C1. The molecule has 1 aliphatic heterocycles. The summed E-state index contributed by atoms with van der Waals surface area (Å²) in [5, 5.41) is 8.69. The maximum Gasteiger partial charge on any atom is 0.222 e. The van der Waals surface area contributed by atoms with Crippen molar-refractivity contribution in [3.63, 3.8) is 0 Å². The molecule has 0 N–H and O–H groups in total. The van der Waals surface area contributed by atoms with Gasteiger partial charge in [-0.15, -0.1) is 0 Å². The van der Waals surface area contributed by atoms with E-state index in [1.165, 1.54) is 24.3 Å². The number of nitriles is 1. The molecule has 0 spiro atoms. The van der Waals surface area contributed by atoms with Crippen molar-refractivity contribution in [1.29, 1.82) is 5.26 Å². The zero-order valence-corrected chi connectivity index (χ0v) is 12.1. The Labute approximate surface area is 118 Å². The van der Waals surface area contributed by atoms with Gasteiger partial charge in [-0.2, -0.15) is 5.26 Å². The van der Waals surface area contributed by atoms with Gasteiger partial charge < -0.3 is 4.90 Å². The molecule has 5 nitrogen and oxygen atoms in total. The fourth-order valence-corrected chi connectivity index (χ4v) is 3.52. The maximum atomic E-state index is 12.2. The van der Waals surface area contributed by atoms with Gasteiger partial charge in [0, 0.05) is 19.5 Å². The molecule has 1 aliphatic rings. The van der Waals surface area contributed by atoms with Crippen LogP contribution in [-0.2, 0) is 14.6 Å². The summed E-state index contributed by atoms with van der Waals surface area (Å²) in [7, 11) is -3.42. The van der Waals surface area contributed by atoms with Crippen LogP contribution < -0.4 is 0 Å². The van der Waals surface area contributed by atoms with Gasteiger partial charge in [0.25, 0.3) is 0 Å². The smallest absolute Gasteiger partial charge is 0.222 e. The monoisotopic (exact) mass is 292 g/mol. The number of sulfone groups is 1. The van der Waals surface area contributed by atoms with E-state index in [1.54, 1.807) is 4.90 Å². The van der Waals surface area contributed by atoms with E-state index in [1.807, 2.05) is 13.0 Å². The molecule has 1 fully saturated rings. The van der Waals surface area contributed by atoms with E-state index in [2.05, 4.69) is 0 Å². The van der Waals surface area contributed by atoms with Gasteiger partial charge in [0.1, 0.15) is 0 Å². The molecule has 106 valence electrons. The van der Waals surface area contributed by atoms with E-state index in [0.29, 0.717) is 24.4 Å². The molecule has 1 aromatic rings. The number of carbonyl (C=O) groups excluding carboxylic acids is 1. The van der Waals surface area contributed by atoms with E-state index >= 15 is 0 Å². The zero-order chi connectivity index (χ0) is 14.8. The predicted octanol–water partition coefficient (Wildman–Crippen LogP) is 1.20.